The fraction of sp³-hybridized carbons (Fsp3) is 0.300. The maximum absolute atomic E-state index is 11.9. The summed E-state index contributed by atoms with van der Waals surface area (Å²) in [6, 6.07) is 15.6. The van der Waals surface area contributed by atoms with Crippen LogP contribution in [-0.2, 0) is 4.79 Å². The van der Waals surface area contributed by atoms with Gasteiger partial charge in [-0.15, -0.1) is 0 Å². The molecule has 0 spiro atoms. The number of ether oxygens (including phenoxy) is 1. The van der Waals surface area contributed by atoms with E-state index in [9.17, 15) is 4.79 Å². The first-order chi connectivity index (χ1) is 12.0. The highest BCUT2D eigenvalue weighted by Crippen LogP contribution is 2.25. The molecule has 2 aromatic rings. The van der Waals surface area contributed by atoms with Crippen molar-refractivity contribution in [3.63, 3.8) is 0 Å². The molecule has 1 amide bonds. The number of anilines is 1. The van der Waals surface area contributed by atoms with E-state index < -0.39 is 0 Å². The van der Waals surface area contributed by atoms with Crippen LogP contribution in [0.5, 0.6) is 5.75 Å². The molecule has 132 valence electrons. The van der Waals surface area contributed by atoms with Crippen LogP contribution in [0.1, 0.15) is 30.9 Å². The van der Waals surface area contributed by atoms with Gasteiger partial charge in [0.2, 0.25) is 0 Å². The van der Waals surface area contributed by atoms with Crippen molar-refractivity contribution in [3.8, 4) is 5.75 Å². The number of amides is 1. The van der Waals surface area contributed by atoms with Gasteiger partial charge in [0.05, 0.1) is 6.21 Å². The summed E-state index contributed by atoms with van der Waals surface area (Å²) in [6.07, 6.45) is 1.61. The number of rotatable bonds is 7. The zero-order valence-electron chi connectivity index (χ0n) is 15.2. The fourth-order valence-electron chi connectivity index (χ4n) is 2.30. The summed E-state index contributed by atoms with van der Waals surface area (Å²) in [4.78, 5) is 13.9. The Hall–Kier alpha value is -2.82. The fourth-order valence-corrected chi connectivity index (χ4v) is 2.30. The number of benzene rings is 2. The van der Waals surface area contributed by atoms with Crippen LogP contribution < -0.4 is 15.1 Å². The minimum atomic E-state index is -0.292. The highest BCUT2D eigenvalue weighted by Gasteiger charge is 2.08. The molecule has 0 atom stereocenters. The molecule has 5 heteroatoms. The maximum atomic E-state index is 11.9. The summed E-state index contributed by atoms with van der Waals surface area (Å²) in [6.45, 7) is 4.11. The predicted octanol–water partition coefficient (Wildman–Crippen LogP) is 3.41. The lowest BCUT2D eigenvalue weighted by Crippen LogP contribution is -2.24. The number of hydrazone groups is 1. The second-order valence-corrected chi connectivity index (χ2v) is 6.26. The lowest BCUT2D eigenvalue weighted by Gasteiger charge is -2.13. The molecule has 0 aliphatic heterocycles. The monoisotopic (exact) mass is 339 g/mol. The van der Waals surface area contributed by atoms with E-state index in [0.717, 1.165) is 22.6 Å². The quantitative estimate of drug-likeness (QED) is 0.621. The van der Waals surface area contributed by atoms with Crippen LogP contribution in [-0.4, -0.2) is 32.8 Å². The smallest absolute Gasteiger partial charge is 0.277 e. The zero-order chi connectivity index (χ0) is 18.2. The molecule has 0 aromatic heterocycles. The highest BCUT2D eigenvalue weighted by atomic mass is 16.5. The van der Waals surface area contributed by atoms with Gasteiger partial charge in [0.1, 0.15) is 5.75 Å². The van der Waals surface area contributed by atoms with Crippen molar-refractivity contribution < 1.29 is 9.53 Å². The minimum Gasteiger partial charge on any atom is -0.483 e. The second kappa shape index (κ2) is 8.87. The molecular formula is C20H25N3O2. The van der Waals surface area contributed by atoms with E-state index in [-0.39, 0.29) is 12.5 Å². The van der Waals surface area contributed by atoms with Crippen LogP contribution in [0.4, 0.5) is 5.69 Å². The van der Waals surface area contributed by atoms with Crippen molar-refractivity contribution >= 4 is 17.8 Å². The van der Waals surface area contributed by atoms with Crippen LogP contribution in [0.3, 0.4) is 0 Å². The van der Waals surface area contributed by atoms with E-state index in [0.29, 0.717) is 5.92 Å². The molecule has 0 aliphatic carbocycles. The molecule has 1 N–H and O–H groups in total. The van der Waals surface area contributed by atoms with Crippen molar-refractivity contribution in [2.24, 2.45) is 5.10 Å². The third-order valence-corrected chi connectivity index (χ3v) is 3.71. The Morgan fingerprint density at radius 1 is 1.16 bits per heavy atom. The van der Waals surface area contributed by atoms with Gasteiger partial charge in [0.25, 0.3) is 5.91 Å². The molecule has 0 fully saturated rings. The molecule has 2 rings (SSSR count). The molecule has 5 nitrogen and oxygen atoms in total. The number of nitrogens with zero attached hydrogens (tertiary/aromatic N) is 2. The first-order valence-corrected chi connectivity index (χ1v) is 8.28. The average molecular weight is 339 g/mol. The third-order valence-electron chi connectivity index (χ3n) is 3.71. The van der Waals surface area contributed by atoms with Crippen LogP contribution in [0, 0.1) is 0 Å². The van der Waals surface area contributed by atoms with Crippen molar-refractivity contribution in [2.75, 3.05) is 25.6 Å². The standard InChI is InChI=1S/C20H25N3O2/c1-15(2)18-7-5-6-8-19(18)25-14-20(24)22-21-13-16-9-11-17(12-10-16)23(3)4/h5-13,15H,14H2,1-4H3,(H,22,24)/b21-13+. The summed E-state index contributed by atoms with van der Waals surface area (Å²) < 4.78 is 5.61. The van der Waals surface area contributed by atoms with Gasteiger partial charge in [-0.2, -0.15) is 5.10 Å². The van der Waals surface area contributed by atoms with Gasteiger partial charge in [0, 0.05) is 19.8 Å². The van der Waals surface area contributed by atoms with Crippen molar-refractivity contribution in [3.05, 3.63) is 59.7 Å². The molecule has 0 heterocycles. The molecule has 2 aromatic carbocycles. The molecular weight excluding hydrogens is 314 g/mol. The summed E-state index contributed by atoms with van der Waals surface area (Å²) in [7, 11) is 3.97. The van der Waals surface area contributed by atoms with Crippen molar-refractivity contribution in [2.45, 2.75) is 19.8 Å². The van der Waals surface area contributed by atoms with E-state index in [1.54, 1.807) is 6.21 Å². The number of hydrogen-bond acceptors (Lipinski definition) is 4. The van der Waals surface area contributed by atoms with Crippen LogP contribution in [0.2, 0.25) is 0 Å². The largest absolute Gasteiger partial charge is 0.483 e. The van der Waals surface area contributed by atoms with Gasteiger partial charge in [-0.3, -0.25) is 4.79 Å². The molecule has 0 unspecified atom stereocenters. The predicted molar refractivity (Wildman–Crippen MR) is 103 cm³/mol. The van der Waals surface area contributed by atoms with E-state index in [4.69, 9.17) is 4.74 Å². The molecule has 25 heavy (non-hydrogen) atoms. The zero-order valence-corrected chi connectivity index (χ0v) is 15.2. The van der Waals surface area contributed by atoms with Gasteiger partial charge >= 0.3 is 0 Å². The Morgan fingerprint density at radius 3 is 2.48 bits per heavy atom. The van der Waals surface area contributed by atoms with Crippen molar-refractivity contribution in [1.82, 2.24) is 5.43 Å². The average Bonchev–Trinajstić information content (AvgIpc) is 2.60. The lowest BCUT2D eigenvalue weighted by molar-refractivity contribution is -0.123. The normalized spacial score (nSPS) is 10.9. The Bertz CT molecular complexity index is 722. The van der Waals surface area contributed by atoms with Gasteiger partial charge in [-0.1, -0.05) is 44.2 Å². The van der Waals surface area contributed by atoms with E-state index in [1.807, 2.05) is 67.5 Å². The lowest BCUT2D eigenvalue weighted by atomic mass is 10.0. The van der Waals surface area contributed by atoms with E-state index in [2.05, 4.69) is 24.4 Å². The highest BCUT2D eigenvalue weighted by molar-refractivity contribution is 5.83. The number of hydrogen-bond donors (Lipinski definition) is 1. The second-order valence-electron chi connectivity index (χ2n) is 6.26. The van der Waals surface area contributed by atoms with Crippen molar-refractivity contribution in [1.29, 1.82) is 0 Å². The molecule has 0 aliphatic rings. The summed E-state index contributed by atoms with van der Waals surface area (Å²) in [5.74, 6) is 0.776. The summed E-state index contributed by atoms with van der Waals surface area (Å²) in [5, 5.41) is 3.97. The van der Waals surface area contributed by atoms with Crippen LogP contribution in [0.15, 0.2) is 53.6 Å². The van der Waals surface area contributed by atoms with Crippen LogP contribution >= 0.6 is 0 Å². The Balaban J connectivity index is 1.84. The first kappa shape index (κ1) is 18.5. The topological polar surface area (TPSA) is 53.9 Å². The number of carbonyl (C=O) groups excluding carboxylic acids is 1. The Kier molecular flexibility index (Phi) is 6.57. The van der Waals surface area contributed by atoms with Gasteiger partial charge in [-0.05, 0) is 35.2 Å². The third kappa shape index (κ3) is 5.64. The van der Waals surface area contributed by atoms with E-state index >= 15 is 0 Å². The Labute approximate surface area is 149 Å². The number of nitrogens with one attached hydrogen (secondary N) is 1. The SMILES string of the molecule is CC(C)c1ccccc1OCC(=O)N/N=C/c1ccc(N(C)C)cc1. The van der Waals surface area contributed by atoms with Gasteiger partial charge < -0.3 is 9.64 Å². The molecule has 0 bridgehead atoms. The maximum Gasteiger partial charge on any atom is 0.277 e. The molecule has 0 saturated heterocycles. The minimum absolute atomic E-state index is 0.0688. The molecule has 0 saturated carbocycles. The Morgan fingerprint density at radius 2 is 1.84 bits per heavy atom. The number of carbonyl (C=O) groups is 1. The molecule has 0 radical (unpaired) electrons. The van der Waals surface area contributed by atoms with Crippen LogP contribution in [0.25, 0.3) is 0 Å². The van der Waals surface area contributed by atoms with Gasteiger partial charge in [0.15, 0.2) is 6.61 Å². The van der Waals surface area contributed by atoms with E-state index in [1.165, 1.54) is 0 Å². The first-order valence-electron chi connectivity index (χ1n) is 8.28. The summed E-state index contributed by atoms with van der Waals surface area (Å²) >= 11 is 0. The van der Waals surface area contributed by atoms with Gasteiger partial charge in [-0.25, -0.2) is 5.43 Å². The summed E-state index contributed by atoms with van der Waals surface area (Å²) in [5.41, 5.74) is 5.59. The number of para-hydroxylation sites is 1.